The zero-order valence-corrected chi connectivity index (χ0v) is 11.0. The van der Waals surface area contributed by atoms with E-state index >= 15 is 0 Å². The molecule has 0 aromatic carbocycles. The van der Waals surface area contributed by atoms with Gasteiger partial charge in [0.2, 0.25) is 0 Å². The number of hydrogen-bond acceptors (Lipinski definition) is 1. The second-order valence-electron chi connectivity index (χ2n) is 3.17. The summed E-state index contributed by atoms with van der Waals surface area (Å²) in [7, 11) is 0. The highest BCUT2D eigenvalue weighted by molar-refractivity contribution is 9.09. The first-order valence-electron chi connectivity index (χ1n) is 5.04. The van der Waals surface area contributed by atoms with Crippen LogP contribution in [-0.2, 0) is 19.4 Å². The van der Waals surface area contributed by atoms with Crippen molar-refractivity contribution in [3.8, 4) is 0 Å². The van der Waals surface area contributed by atoms with Crippen LogP contribution in [0.3, 0.4) is 0 Å². The predicted octanol–water partition coefficient (Wildman–Crippen LogP) is 3.45. The fourth-order valence-electron chi connectivity index (χ4n) is 1.49. The lowest BCUT2D eigenvalue weighted by Crippen LogP contribution is -2.03. The second-order valence-corrected chi connectivity index (χ2v) is 4.34. The number of rotatable bonds is 5. The summed E-state index contributed by atoms with van der Waals surface area (Å²) < 4.78 is 2.02. The van der Waals surface area contributed by atoms with Gasteiger partial charge in [0, 0.05) is 11.9 Å². The lowest BCUT2D eigenvalue weighted by molar-refractivity contribution is 0.610. The Balaban J connectivity index is 2.92. The molecule has 14 heavy (non-hydrogen) atoms. The largest absolute Gasteiger partial charge is 0.268 e. The zero-order chi connectivity index (χ0) is 10.6. The van der Waals surface area contributed by atoms with Crippen LogP contribution in [-0.4, -0.2) is 15.1 Å². The van der Waals surface area contributed by atoms with Crippen LogP contribution in [0.4, 0.5) is 0 Å². The van der Waals surface area contributed by atoms with Gasteiger partial charge in [-0.3, -0.25) is 4.68 Å². The Kier molecular flexibility index (Phi) is 4.96. The molecule has 1 heterocycles. The van der Waals surface area contributed by atoms with E-state index in [2.05, 4.69) is 34.9 Å². The highest BCUT2D eigenvalue weighted by Gasteiger charge is 2.13. The van der Waals surface area contributed by atoms with Crippen LogP contribution in [0, 0.1) is 0 Å². The summed E-state index contributed by atoms with van der Waals surface area (Å²) in [6.45, 7) is 5.08. The normalized spacial score (nSPS) is 10.9. The maximum Gasteiger partial charge on any atom is 0.0849 e. The minimum atomic E-state index is 0.871. The highest BCUT2D eigenvalue weighted by atomic mass is 79.9. The van der Waals surface area contributed by atoms with E-state index in [1.54, 1.807) is 0 Å². The second kappa shape index (κ2) is 5.76. The Bertz CT molecular complexity index is 297. The molecule has 0 fully saturated rings. The fraction of sp³-hybridized carbons (Fsp3) is 0.700. The molecular weight excluding hydrogens is 263 g/mol. The van der Waals surface area contributed by atoms with Gasteiger partial charge in [0.15, 0.2) is 0 Å². The molecule has 0 N–H and O–H groups in total. The van der Waals surface area contributed by atoms with Crippen LogP contribution < -0.4 is 0 Å². The molecule has 0 atom stereocenters. The van der Waals surface area contributed by atoms with Gasteiger partial charge in [-0.1, -0.05) is 34.5 Å². The van der Waals surface area contributed by atoms with Gasteiger partial charge in [0.25, 0.3) is 0 Å². The molecule has 1 aromatic rings. The molecule has 80 valence electrons. The van der Waals surface area contributed by atoms with Crippen molar-refractivity contribution in [3.05, 3.63) is 16.4 Å². The summed E-state index contributed by atoms with van der Waals surface area (Å²) >= 11 is 9.67. The Morgan fingerprint density at radius 1 is 1.43 bits per heavy atom. The summed E-state index contributed by atoms with van der Waals surface area (Å²) in [5.74, 6) is 0. The van der Waals surface area contributed by atoms with Gasteiger partial charge in [-0.25, -0.2) is 0 Å². The molecule has 1 aromatic heterocycles. The first kappa shape index (κ1) is 12.1. The standard InChI is InChI=1S/C10H16BrClN2/c1-3-8-10(12)9(6-5-7-11)14(4-2)13-8/h3-7H2,1-2H3. The lowest BCUT2D eigenvalue weighted by atomic mass is 10.2. The van der Waals surface area contributed by atoms with E-state index in [1.807, 2.05) is 4.68 Å². The molecule has 1 rings (SSSR count). The van der Waals surface area contributed by atoms with E-state index in [0.717, 1.165) is 41.9 Å². The highest BCUT2D eigenvalue weighted by Crippen LogP contribution is 2.22. The van der Waals surface area contributed by atoms with E-state index in [4.69, 9.17) is 11.6 Å². The number of alkyl halides is 1. The van der Waals surface area contributed by atoms with Crippen LogP contribution in [0.25, 0.3) is 0 Å². The number of aromatic nitrogens is 2. The Morgan fingerprint density at radius 2 is 2.14 bits per heavy atom. The van der Waals surface area contributed by atoms with Crippen molar-refractivity contribution in [2.45, 2.75) is 39.7 Å². The third-order valence-corrected chi connectivity index (χ3v) is 3.24. The average Bonchev–Trinajstić information content (AvgIpc) is 2.52. The molecular formula is C10H16BrClN2. The first-order chi connectivity index (χ1) is 6.74. The molecule has 0 radical (unpaired) electrons. The van der Waals surface area contributed by atoms with E-state index in [1.165, 1.54) is 5.69 Å². The van der Waals surface area contributed by atoms with Gasteiger partial charge in [-0.2, -0.15) is 5.10 Å². The van der Waals surface area contributed by atoms with Crippen molar-refractivity contribution in [1.29, 1.82) is 0 Å². The van der Waals surface area contributed by atoms with Gasteiger partial charge >= 0.3 is 0 Å². The van der Waals surface area contributed by atoms with E-state index in [0.29, 0.717) is 0 Å². The number of aryl methyl sites for hydroxylation is 2. The molecule has 0 saturated heterocycles. The fourth-order valence-corrected chi connectivity index (χ4v) is 2.13. The van der Waals surface area contributed by atoms with E-state index < -0.39 is 0 Å². The molecule has 0 aliphatic rings. The van der Waals surface area contributed by atoms with Crippen LogP contribution in [0.2, 0.25) is 5.02 Å². The summed E-state index contributed by atoms with van der Waals surface area (Å²) in [5.41, 5.74) is 2.21. The summed E-state index contributed by atoms with van der Waals surface area (Å²) in [5, 5.41) is 6.35. The zero-order valence-electron chi connectivity index (χ0n) is 8.69. The van der Waals surface area contributed by atoms with Gasteiger partial charge in [-0.15, -0.1) is 0 Å². The molecule has 0 aliphatic carbocycles. The predicted molar refractivity (Wildman–Crippen MR) is 64.4 cm³/mol. The molecule has 0 aliphatic heterocycles. The number of halogens is 2. The van der Waals surface area contributed by atoms with Crippen LogP contribution in [0.5, 0.6) is 0 Å². The van der Waals surface area contributed by atoms with Crippen LogP contribution in [0.15, 0.2) is 0 Å². The third-order valence-electron chi connectivity index (χ3n) is 2.24. The van der Waals surface area contributed by atoms with E-state index in [9.17, 15) is 0 Å². The summed E-state index contributed by atoms with van der Waals surface area (Å²) in [6, 6.07) is 0. The molecule has 4 heteroatoms. The SMILES string of the molecule is CCc1nn(CC)c(CCCBr)c1Cl. The van der Waals surface area contributed by atoms with Crippen molar-refractivity contribution in [3.63, 3.8) is 0 Å². The molecule has 2 nitrogen and oxygen atoms in total. The quantitative estimate of drug-likeness (QED) is 0.755. The van der Waals surface area contributed by atoms with Crippen molar-refractivity contribution >= 4 is 27.5 Å². The molecule has 0 spiro atoms. The van der Waals surface area contributed by atoms with Crippen molar-refractivity contribution < 1.29 is 0 Å². The Morgan fingerprint density at radius 3 is 2.64 bits per heavy atom. The Labute approximate surface area is 98.8 Å². The molecule has 0 amide bonds. The van der Waals surface area contributed by atoms with Crippen molar-refractivity contribution in [2.24, 2.45) is 0 Å². The van der Waals surface area contributed by atoms with Crippen LogP contribution >= 0.6 is 27.5 Å². The average molecular weight is 280 g/mol. The molecule has 0 saturated carbocycles. The minimum absolute atomic E-state index is 0.871. The van der Waals surface area contributed by atoms with Gasteiger partial charge in [0.1, 0.15) is 0 Å². The molecule has 0 bridgehead atoms. The van der Waals surface area contributed by atoms with Gasteiger partial charge < -0.3 is 0 Å². The number of hydrogen-bond donors (Lipinski definition) is 0. The Hall–Kier alpha value is -0.0200. The maximum atomic E-state index is 6.25. The maximum absolute atomic E-state index is 6.25. The first-order valence-corrected chi connectivity index (χ1v) is 6.54. The number of nitrogens with zero attached hydrogens (tertiary/aromatic N) is 2. The summed E-state index contributed by atoms with van der Waals surface area (Å²) in [6.07, 6.45) is 3.02. The third kappa shape index (κ3) is 2.51. The summed E-state index contributed by atoms with van der Waals surface area (Å²) in [4.78, 5) is 0. The molecule has 0 unspecified atom stereocenters. The van der Waals surface area contributed by atoms with Gasteiger partial charge in [-0.05, 0) is 26.2 Å². The van der Waals surface area contributed by atoms with Crippen molar-refractivity contribution in [2.75, 3.05) is 5.33 Å². The minimum Gasteiger partial charge on any atom is -0.268 e. The topological polar surface area (TPSA) is 17.8 Å². The van der Waals surface area contributed by atoms with Gasteiger partial charge in [0.05, 0.1) is 16.4 Å². The van der Waals surface area contributed by atoms with E-state index in [-0.39, 0.29) is 0 Å². The van der Waals surface area contributed by atoms with Crippen molar-refractivity contribution in [1.82, 2.24) is 9.78 Å². The van der Waals surface area contributed by atoms with Crippen LogP contribution in [0.1, 0.15) is 31.7 Å². The lowest BCUT2D eigenvalue weighted by Gasteiger charge is -2.03. The smallest absolute Gasteiger partial charge is 0.0849 e. The monoisotopic (exact) mass is 278 g/mol.